The Bertz CT molecular complexity index is 1630. The zero-order valence-corrected chi connectivity index (χ0v) is 20.7. The lowest BCUT2D eigenvalue weighted by molar-refractivity contribution is 0.0643. The third-order valence-electron chi connectivity index (χ3n) is 6.24. The van der Waals surface area contributed by atoms with E-state index in [1.165, 1.54) is 41.9 Å². The number of pyridine rings is 2. The number of hydrogen-bond donors (Lipinski definition) is 2. The second-order valence-corrected chi connectivity index (χ2v) is 8.88. The van der Waals surface area contributed by atoms with Gasteiger partial charge >= 0.3 is 11.8 Å². The van der Waals surface area contributed by atoms with Crippen LogP contribution in [0.15, 0.2) is 39.7 Å². The normalized spacial score (nSPS) is 14.3. The second kappa shape index (κ2) is 9.57. The fourth-order valence-electron chi connectivity index (χ4n) is 4.42. The summed E-state index contributed by atoms with van der Waals surface area (Å²) in [6.45, 7) is 1.56. The summed E-state index contributed by atoms with van der Waals surface area (Å²) in [5.74, 6) is -1.92. The first-order valence-electron chi connectivity index (χ1n) is 11.6. The minimum Gasteiger partial charge on any atom is -0.505 e. The standard InChI is InChI=1S/C25H23FN6O6/c1-12-29-30-23(37-12)25(36)31(3)10-16-11-32-19-18(20(33)17(24(32)35)22(34)27-2)28-9-14(21(19)38-16)8-13-4-6-15(26)7-5-13/h4-7,9,16,33H,8,10-11H2,1-3H3,(H,27,34)/t16-/m1/s1. The lowest BCUT2D eigenvalue weighted by atomic mass is 10.0. The third kappa shape index (κ3) is 4.31. The lowest BCUT2D eigenvalue weighted by Gasteiger charge is -2.31. The zero-order chi connectivity index (χ0) is 27.1. The number of amides is 2. The van der Waals surface area contributed by atoms with Crippen LogP contribution in [0.2, 0.25) is 0 Å². The van der Waals surface area contributed by atoms with Crippen LogP contribution >= 0.6 is 0 Å². The highest BCUT2D eigenvalue weighted by molar-refractivity contribution is 6.02. The molecule has 0 spiro atoms. The van der Waals surface area contributed by atoms with E-state index in [9.17, 15) is 23.9 Å². The maximum absolute atomic E-state index is 13.4. The van der Waals surface area contributed by atoms with E-state index in [1.807, 2.05) is 0 Å². The first-order valence-corrected chi connectivity index (χ1v) is 11.6. The van der Waals surface area contributed by atoms with Crippen molar-refractivity contribution in [2.45, 2.75) is 26.0 Å². The predicted octanol–water partition coefficient (Wildman–Crippen LogP) is 1.42. The van der Waals surface area contributed by atoms with E-state index in [1.54, 1.807) is 19.1 Å². The molecule has 2 amide bonds. The molecule has 0 unspecified atom stereocenters. The van der Waals surface area contributed by atoms with Gasteiger partial charge in [-0.05, 0) is 17.7 Å². The monoisotopic (exact) mass is 522 g/mol. The average Bonchev–Trinajstić information content (AvgIpc) is 3.34. The van der Waals surface area contributed by atoms with E-state index in [4.69, 9.17) is 9.15 Å². The third-order valence-corrected chi connectivity index (χ3v) is 6.24. The van der Waals surface area contributed by atoms with Crippen molar-refractivity contribution in [3.63, 3.8) is 0 Å². The molecular weight excluding hydrogens is 499 g/mol. The van der Waals surface area contributed by atoms with Gasteiger partial charge in [-0.15, -0.1) is 10.2 Å². The molecule has 1 aromatic carbocycles. The molecule has 0 saturated carbocycles. The first kappa shape index (κ1) is 24.9. The van der Waals surface area contributed by atoms with Gasteiger partial charge in [-0.25, -0.2) is 4.39 Å². The van der Waals surface area contributed by atoms with Gasteiger partial charge in [0.2, 0.25) is 5.89 Å². The number of aryl methyl sites for hydroxylation is 1. The minimum absolute atomic E-state index is 0.0188. The van der Waals surface area contributed by atoms with Crippen LogP contribution in [0.1, 0.15) is 38.1 Å². The predicted molar refractivity (Wildman–Crippen MR) is 131 cm³/mol. The van der Waals surface area contributed by atoms with Gasteiger partial charge in [-0.2, -0.15) is 0 Å². The summed E-state index contributed by atoms with van der Waals surface area (Å²) in [4.78, 5) is 44.3. The van der Waals surface area contributed by atoms with Crippen molar-refractivity contribution >= 4 is 22.8 Å². The number of nitrogens with zero attached hydrogens (tertiary/aromatic N) is 5. The Morgan fingerprint density at radius 1 is 1.26 bits per heavy atom. The molecule has 0 saturated heterocycles. The van der Waals surface area contributed by atoms with E-state index >= 15 is 0 Å². The molecule has 0 aliphatic carbocycles. The highest BCUT2D eigenvalue weighted by Gasteiger charge is 2.33. The van der Waals surface area contributed by atoms with Crippen LogP contribution in [0.5, 0.6) is 11.5 Å². The van der Waals surface area contributed by atoms with Crippen LogP contribution in [0, 0.1) is 12.7 Å². The summed E-state index contributed by atoms with van der Waals surface area (Å²) < 4.78 is 26.3. The summed E-state index contributed by atoms with van der Waals surface area (Å²) in [6.07, 6.45) is 1.03. The molecule has 0 fully saturated rings. The summed E-state index contributed by atoms with van der Waals surface area (Å²) in [7, 11) is 2.87. The van der Waals surface area contributed by atoms with E-state index in [2.05, 4.69) is 20.5 Å². The smallest absolute Gasteiger partial charge is 0.311 e. The molecule has 0 radical (unpaired) electrons. The zero-order valence-electron chi connectivity index (χ0n) is 20.7. The number of nitrogens with one attached hydrogen (secondary N) is 1. The summed E-state index contributed by atoms with van der Waals surface area (Å²) in [5.41, 5.74) is 0.384. The Morgan fingerprint density at radius 3 is 2.66 bits per heavy atom. The molecule has 0 bridgehead atoms. The van der Waals surface area contributed by atoms with Gasteiger partial charge in [-0.1, -0.05) is 12.1 Å². The van der Waals surface area contributed by atoms with Crippen molar-refractivity contribution < 1.29 is 28.2 Å². The Hall–Kier alpha value is -4.81. The van der Waals surface area contributed by atoms with E-state index in [0.29, 0.717) is 5.56 Å². The lowest BCUT2D eigenvalue weighted by Crippen LogP contribution is -2.44. The molecule has 1 aliphatic rings. The Balaban J connectivity index is 1.59. The van der Waals surface area contributed by atoms with Gasteiger partial charge in [0.05, 0.1) is 13.1 Å². The Labute approximate surface area is 214 Å². The molecule has 1 aliphatic heterocycles. The maximum Gasteiger partial charge on any atom is 0.311 e. The molecule has 13 heteroatoms. The molecule has 3 aromatic heterocycles. The summed E-state index contributed by atoms with van der Waals surface area (Å²) in [5, 5.41) is 20.6. The van der Waals surface area contributed by atoms with Gasteiger partial charge in [0, 0.05) is 39.2 Å². The van der Waals surface area contributed by atoms with Gasteiger partial charge in [0.25, 0.3) is 11.5 Å². The topological polar surface area (TPSA) is 153 Å². The number of hydrogen-bond acceptors (Lipinski definition) is 9. The molecule has 4 aromatic rings. The van der Waals surface area contributed by atoms with Crippen LogP contribution in [0.25, 0.3) is 11.0 Å². The fourth-order valence-corrected chi connectivity index (χ4v) is 4.42. The van der Waals surface area contributed by atoms with Crippen molar-refractivity contribution in [3.8, 4) is 11.5 Å². The van der Waals surface area contributed by atoms with E-state index in [0.717, 1.165) is 5.56 Å². The van der Waals surface area contributed by atoms with Crippen molar-refractivity contribution in [2.24, 2.45) is 0 Å². The molecule has 12 nitrogen and oxygen atoms in total. The van der Waals surface area contributed by atoms with Crippen LogP contribution in [0.3, 0.4) is 0 Å². The van der Waals surface area contributed by atoms with Crippen LogP contribution < -0.4 is 15.6 Å². The quantitative estimate of drug-likeness (QED) is 0.383. The minimum atomic E-state index is -0.765. The molecular formula is C25H23FN6O6. The molecule has 38 heavy (non-hydrogen) atoms. The number of likely N-dealkylation sites (N-methyl/N-ethyl adjacent to an activating group) is 1. The number of carbonyl (C=O) groups is 2. The van der Waals surface area contributed by atoms with Gasteiger partial charge in [0.1, 0.15) is 28.5 Å². The van der Waals surface area contributed by atoms with Crippen LogP contribution in [-0.4, -0.2) is 68.3 Å². The molecule has 1 atom stereocenters. The largest absolute Gasteiger partial charge is 0.505 e. The Morgan fingerprint density at radius 2 is 2.00 bits per heavy atom. The number of aromatic nitrogens is 4. The fraction of sp³-hybridized carbons (Fsp3) is 0.280. The highest BCUT2D eigenvalue weighted by Crippen LogP contribution is 2.37. The van der Waals surface area contributed by atoms with Crippen LogP contribution in [0.4, 0.5) is 4.39 Å². The van der Waals surface area contributed by atoms with Crippen molar-refractivity contribution in [3.05, 3.63) is 75.1 Å². The SMILES string of the molecule is CNC(=O)c1c(O)c2ncc(Cc3ccc(F)cc3)c3c2n(c1=O)C[C@@H](CN(C)C(=O)c1nnc(C)o1)O3. The van der Waals surface area contributed by atoms with Gasteiger partial charge in [-0.3, -0.25) is 23.9 Å². The maximum atomic E-state index is 13.4. The average molecular weight is 522 g/mol. The molecule has 5 rings (SSSR count). The number of halogens is 1. The Kier molecular flexibility index (Phi) is 6.27. The van der Waals surface area contributed by atoms with Crippen molar-refractivity contribution in [1.29, 1.82) is 0 Å². The first-order chi connectivity index (χ1) is 18.2. The number of rotatable bonds is 6. The van der Waals surface area contributed by atoms with Gasteiger partial charge in [0.15, 0.2) is 11.5 Å². The number of carbonyl (C=O) groups excluding carboxylic acids is 2. The molecule has 196 valence electrons. The molecule has 2 N–H and O–H groups in total. The van der Waals surface area contributed by atoms with Crippen molar-refractivity contribution in [2.75, 3.05) is 20.6 Å². The summed E-state index contributed by atoms with van der Waals surface area (Å²) in [6, 6.07) is 5.89. The number of benzene rings is 1. The van der Waals surface area contributed by atoms with Gasteiger partial charge < -0.3 is 24.5 Å². The van der Waals surface area contributed by atoms with E-state index < -0.39 is 34.8 Å². The number of ether oxygens (including phenoxy) is 1. The van der Waals surface area contributed by atoms with Crippen molar-refractivity contribution in [1.82, 2.24) is 30.0 Å². The highest BCUT2D eigenvalue weighted by atomic mass is 19.1. The molecule has 4 heterocycles. The van der Waals surface area contributed by atoms with E-state index in [-0.39, 0.29) is 53.9 Å². The second-order valence-electron chi connectivity index (χ2n) is 8.88. The number of aromatic hydroxyl groups is 1. The van der Waals surface area contributed by atoms with Crippen LogP contribution in [-0.2, 0) is 13.0 Å². The summed E-state index contributed by atoms with van der Waals surface area (Å²) >= 11 is 0.